The molecule has 0 aliphatic heterocycles. The summed E-state index contributed by atoms with van der Waals surface area (Å²) in [4.78, 5) is 25.5. The van der Waals surface area contributed by atoms with Crippen LogP contribution in [0.3, 0.4) is 0 Å². The van der Waals surface area contributed by atoms with Crippen LogP contribution in [0.1, 0.15) is 12.0 Å². The van der Waals surface area contributed by atoms with Crippen LogP contribution in [-0.4, -0.2) is 43.6 Å². The SMILES string of the molecule is NC(=O)CCN(Cc1ccccc1)C(=O)CSc1nnc2ccccn12. The van der Waals surface area contributed by atoms with Gasteiger partial charge in [0.2, 0.25) is 11.8 Å². The van der Waals surface area contributed by atoms with Gasteiger partial charge in [-0.15, -0.1) is 10.2 Å². The molecule has 0 fully saturated rings. The summed E-state index contributed by atoms with van der Waals surface area (Å²) >= 11 is 1.32. The smallest absolute Gasteiger partial charge is 0.233 e. The Morgan fingerprint density at radius 3 is 2.62 bits per heavy atom. The van der Waals surface area contributed by atoms with Crippen LogP contribution in [0.4, 0.5) is 0 Å². The van der Waals surface area contributed by atoms with Crippen molar-refractivity contribution in [3.05, 3.63) is 60.3 Å². The molecular formula is C18H19N5O2S. The number of nitrogens with two attached hydrogens (primary N) is 1. The molecule has 26 heavy (non-hydrogen) atoms. The van der Waals surface area contributed by atoms with Crippen molar-refractivity contribution in [3.8, 4) is 0 Å². The Labute approximate surface area is 155 Å². The first-order chi connectivity index (χ1) is 12.6. The predicted molar refractivity (Wildman–Crippen MR) is 99.4 cm³/mol. The Morgan fingerprint density at radius 2 is 1.85 bits per heavy atom. The maximum absolute atomic E-state index is 12.7. The molecular weight excluding hydrogens is 350 g/mol. The largest absolute Gasteiger partial charge is 0.370 e. The minimum atomic E-state index is -0.424. The number of carbonyl (C=O) groups is 2. The topological polar surface area (TPSA) is 93.6 Å². The number of carbonyl (C=O) groups excluding carboxylic acids is 2. The zero-order valence-corrected chi connectivity index (χ0v) is 14.9. The summed E-state index contributed by atoms with van der Waals surface area (Å²) in [5.41, 5.74) is 6.98. The standard InChI is InChI=1S/C18H19N5O2S/c19-15(24)9-11-22(12-14-6-2-1-3-7-14)17(25)13-26-18-21-20-16-8-4-5-10-23(16)18/h1-8,10H,9,11-13H2,(H2,19,24). The molecule has 3 rings (SSSR count). The highest BCUT2D eigenvalue weighted by atomic mass is 32.2. The van der Waals surface area contributed by atoms with Crippen LogP contribution in [0, 0.1) is 0 Å². The summed E-state index contributed by atoms with van der Waals surface area (Å²) in [6.45, 7) is 0.734. The maximum atomic E-state index is 12.7. The van der Waals surface area contributed by atoms with Crippen molar-refractivity contribution in [2.45, 2.75) is 18.1 Å². The molecule has 7 nitrogen and oxygen atoms in total. The van der Waals surface area contributed by atoms with E-state index in [1.165, 1.54) is 11.8 Å². The van der Waals surface area contributed by atoms with Crippen molar-refractivity contribution in [3.63, 3.8) is 0 Å². The lowest BCUT2D eigenvalue weighted by Gasteiger charge is -2.22. The first-order valence-corrected chi connectivity index (χ1v) is 9.14. The molecule has 0 aliphatic carbocycles. The molecule has 2 heterocycles. The number of fused-ring (bicyclic) bond motifs is 1. The van der Waals surface area contributed by atoms with E-state index in [-0.39, 0.29) is 18.1 Å². The van der Waals surface area contributed by atoms with Gasteiger partial charge in [0.05, 0.1) is 5.75 Å². The summed E-state index contributed by atoms with van der Waals surface area (Å²) in [6, 6.07) is 15.3. The van der Waals surface area contributed by atoms with E-state index in [0.717, 1.165) is 11.2 Å². The molecule has 0 radical (unpaired) electrons. The average molecular weight is 369 g/mol. The fourth-order valence-corrected chi connectivity index (χ4v) is 3.30. The van der Waals surface area contributed by atoms with E-state index in [0.29, 0.717) is 18.2 Å². The summed E-state index contributed by atoms with van der Waals surface area (Å²) in [5.74, 6) is -0.291. The number of hydrogen-bond donors (Lipinski definition) is 1. The van der Waals surface area contributed by atoms with Gasteiger partial charge in [0.25, 0.3) is 0 Å². The molecule has 0 spiro atoms. The molecule has 0 atom stereocenters. The van der Waals surface area contributed by atoms with Gasteiger partial charge in [0.1, 0.15) is 0 Å². The number of rotatable bonds is 8. The number of nitrogens with zero attached hydrogens (tertiary/aromatic N) is 4. The third-order valence-corrected chi connectivity index (χ3v) is 4.73. The highest BCUT2D eigenvalue weighted by Crippen LogP contribution is 2.18. The van der Waals surface area contributed by atoms with Gasteiger partial charge in [-0.05, 0) is 17.7 Å². The normalized spacial score (nSPS) is 10.8. The Balaban J connectivity index is 1.67. The lowest BCUT2D eigenvalue weighted by molar-refractivity contribution is -0.129. The maximum Gasteiger partial charge on any atom is 0.233 e. The van der Waals surface area contributed by atoms with E-state index in [1.54, 1.807) is 4.90 Å². The van der Waals surface area contributed by atoms with E-state index in [2.05, 4.69) is 10.2 Å². The van der Waals surface area contributed by atoms with Gasteiger partial charge >= 0.3 is 0 Å². The molecule has 0 saturated heterocycles. The molecule has 8 heteroatoms. The zero-order chi connectivity index (χ0) is 18.4. The summed E-state index contributed by atoms with van der Waals surface area (Å²) < 4.78 is 1.84. The summed E-state index contributed by atoms with van der Waals surface area (Å²) in [5, 5.41) is 8.85. The fraction of sp³-hybridized carbons (Fsp3) is 0.222. The van der Waals surface area contributed by atoms with Crippen LogP contribution in [0.5, 0.6) is 0 Å². The van der Waals surface area contributed by atoms with Crippen LogP contribution in [0.25, 0.3) is 5.65 Å². The van der Waals surface area contributed by atoms with Gasteiger partial charge in [0.15, 0.2) is 10.8 Å². The monoisotopic (exact) mass is 369 g/mol. The van der Waals surface area contributed by atoms with E-state index in [1.807, 2.05) is 59.1 Å². The van der Waals surface area contributed by atoms with Gasteiger partial charge in [-0.25, -0.2) is 0 Å². The predicted octanol–water partition coefficient (Wildman–Crippen LogP) is 1.73. The summed E-state index contributed by atoms with van der Waals surface area (Å²) in [6.07, 6.45) is 1.99. The molecule has 0 unspecified atom stereocenters. The average Bonchev–Trinajstić information content (AvgIpc) is 3.07. The van der Waals surface area contributed by atoms with Crippen LogP contribution in [0.2, 0.25) is 0 Å². The van der Waals surface area contributed by atoms with E-state index in [4.69, 9.17) is 5.73 Å². The number of aromatic nitrogens is 3. The minimum absolute atomic E-state index is 0.0761. The summed E-state index contributed by atoms with van der Waals surface area (Å²) in [7, 11) is 0. The first kappa shape index (κ1) is 17.9. The number of primary amides is 1. The van der Waals surface area contributed by atoms with Crippen molar-refractivity contribution >= 4 is 29.2 Å². The Bertz CT molecular complexity index is 897. The van der Waals surface area contributed by atoms with E-state index >= 15 is 0 Å². The van der Waals surface area contributed by atoms with Gasteiger partial charge < -0.3 is 10.6 Å². The second-order valence-electron chi connectivity index (χ2n) is 5.72. The lowest BCUT2D eigenvalue weighted by atomic mass is 10.2. The lowest BCUT2D eigenvalue weighted by Crippen LogP contribution is -2.34. The number of pyridine rings is 1. The molecule has 0 bridgehead atoms. The Hall–Kier alpha value is -2.87. The van der Waals surface area contributed by atoms with Gasteiger partial charge in [0, 0.05) is 25.7 Å². The number of benzene rings is 1. The molecule has 0 aliphatic rings. The van der Waals surface area contributed by atoms with Crippen molar-refractivity contribution in [1.29, 1.82) is 0 Å². The van der Waals surface area contributed by atoms with Crippen LogP contribution >= 0.6 is 11.8 Å². The zero-order valence-electron chi connectivity index (χ0n) is 14.1. The van der Waals surface area contributed by atoms with Gasteiger partial charge in [-0.2, -0.15) is 0 Å². The van der Waals surface area contributed by atoms with E-state index < -0.39 is 5.91 Å². The molecule has 134 valence electrons. The second kappa shape index (κ2) is 8.48. The van der Waals surface area contributed by atoms with Gasteiger partial charge in [-0.3, -0.25) is 14.0 Å². The quantitative estimate of drug-likeness (QED) is 0.610. The highest BCUT2D eigenvalue weighted by molar-refractivity contribution is 7.99. The van der Waals surface area contributed by atoms with Crippen molar-refractivity contribution < 1.29 is 9.59 Å². The third-order valence-electron chi connectivity index (χ3n) is 3.80. The molecule has 2 N–H and O–H groups in total. The number of hydrogen-bond acceptors (Lipinski definition) is 5. The third kappa shape index (κ3) is 4.60. The van der Waals surface area contributed by atoms with Crippen LogP contribution < -0.4 is 5.73 Å². The molecule has 1 aromatic carbocycles. The molecule has 2 aromatic heterocycles. The van der Waals surface area contributed by atoms with E-state index in [9.17, 15) is 9.59 Å². The molecule has 0 saturated carbocycles. The Morgan fingerprint density at radius 1 is 1.08 bits per heavy atom. The van der Waals surface area contributed by atoms with Crippen molar-refractivity contribution in [1.82, 2.24) is 19.5 Å². The van der Waals surface area contributed by atoms with Crippen LogP contribution in [0.15, 0.2) is 59.9 Å². The molecule has 2 amide bonds. The van der Waals surface area contributed by atoms with Crippen molar-refractivity contribution in [2.75, 3.05) is 12.3 Å². The number of amides is 2. The van der Waals surface area contributed by atoms with Crippen LogP contribution in [-0.2, 0) is 16.1 Å². The van der Waals surface area contributed by atoms with Gasteiger partial charge in [-0.1, -0.05) is 48.2 Å². The van der Waals surface area contributed by atoms with Crippen molar-refractivity contribution in [2.24, 2.45) is 5.73 Å². The highest BCUT2D eigenvalue weighted by Gasteiger charge is 2.17. The Kier molecular flexibility index (Phi) is 5.85. The first-order valence-electron chi connectivity index (χ1n) is 8.16. The fourth-order valence-electron chi connectivity index (χ4n) is 2.48. The molecule has 3 aromatic rings. The minimum Gasteiger partial charge on any atom is -0.370 e. The second-order valence-corrected chi connectivity index (χ2v) is 6.66. The number of thioether (sulfide) groups is 1.